The highest BCUT2D eigenvalue weighted by atomic mass is 32.2. The number of hydrogen-bond donors (Lipinski definition) is 0. The molecule has 2 aromatic rings. The van der Waals surface area contributed by atoms with Crippen LogP contribution in [0.4, 0.5) is 0 Å². The smallest absolute Gasteiger partial charge is 0.230 e. The van der Waals surface area contributed by atoms with Crippen LogP contribution in [0.3, 0.4) is 0 Å². The van der Waals surface area contributed by atoms with E-state index in [2.05, 4.69) is 21.7 Å². The molecule has 0 unspecified atom stereocenters. The summed E-state index contributed by atoms with van der Waals surface area (Å²) in [6.45, 7) is 0.829. The predicted octanol–water partition coefficient (Wildman–Crippen LogP) is 2.86. The number of benzene rings is 1. The van der Waals surface area contributed by atoms with E-state index in [-0.39, 0.29) is 5.92 Å². The maximum atomic E-state index is 12.3. The Bertz CT molecular complexity index is 745. The summed E-state index contributed by atoms with van der Waals surface area (Å²) in [4.78, 5) is 18.9. The molecular weight excluding hydrogens is 282 g/mol. The fraction of sp³-hybridized carbons (Fsp3) is 0.375. The molecule has 0 radical (unpaired) electrons. The van der Waals surface area contributed by atoms with E-state index in [1.54, 1.807) is 11.8 Å². The van der Waals surface area contributed by atoms with Crippen molar-refractivity contribution in [2.75, 3.05) is 12.3 Å². The molecule has 0 N–H and O–H groups in total. The number of para-hydroxylation sites is 2. The number of carbonyl (C=O) groups is 1. The molecule has 108 valence electrons. The highest BCUT2D eigenvalue weighted by Gasteiger charge is 2.36. The van der Waals surface area contributed by atoms with Gasteiger partial charge in [-0.15, -0.1) is 11.8 Å². The van der Waals surface area contributed by atoms with Gasteiger partial charge >= 0.3 is 0 Å². The van der Waals surface area contributed by atoms with Crippen LogP contribution in [-0.2, 0) is 11.8 Å². The van der Waals surface area contributed by atoms with Gasteiger partial charge in [-0.25, -0.2) is 4.98 Å². The molecule has 2 aliphatic rings. The minimum Gasteiger partial charge on any atom is -0.328 e. The summed E-state index contributed by atoms with van der Waals surface area (Å²) in [5.41, 5.74) is 2.11. The molecule has 1 aromatic carbocycles. The Morgan fingerprint density at radius 2 is 2.19 bits per heavy atom. The van der Waals surface area contributed by atoms with Gasteiger partial charge in [0.25, 0.3) is 0 Å². The van der Waals surface area contributed by atoms with Gasteiger partial charge in [0.1, 0.15) is 5.82 Å². The second-order valence-corrected chi connectivity index (χ2v) is 6.73. The third kappa shape index (κ3) is 2.25. The summed E-state index contributed by atoms with van der Waals surface area (Å²) in [6, 6.07) is 8.11. The highest BCUT2D eigenvalue weighted by molar-refractivity contribution is 8.03. The second-order valence-electron chi connectivity index (χ2n) is 5.61. The summed E-state index contributed by atoms with van der Waals surface area (Å²) >= 11 is 1.75. The second kappa shape index (κ2) is 4.91. The van der Waals surface area contributed by atoms with E-state index in [1.807, 2.05) is 30.1 Å². The minimum absolute atomic E-state index is 0.271. The van der Waals surface area contributed by atoms with Crippen LogP contribution in [0.15, 0.2) is 29.3 Å². The molecule has 4 nitrogen and oxygen atoms in total. The zero-order valence-corrected chi connectivity index (χ0v) is 12.8. The zero-order chi connectivity index (χ0) is 14.4. The van der Waals surface area contributed by atoms with Crippen molar-refractivity contribution < 1.29 is 4.79 Å². The third-order valence-electron chi connectivity index (χ3n) is 4.10. The molecule has 1 saturated carbocycles. The summed E-state index contributed by atoms with van der Waals surface area (Å²) in [5.74, 6) is 2.46. The van der Waals surface area contributed by atoms with E-state index in [0.29, 0.717) is 5.91 Å². The number of amides is 1. The number of rotatable bonds is 2. The average molecular weight is 299 g/mol. The molecule has 2 fully saturated rings. The van der Waals surface area contributed by atoms with E-state index in [0.717, 1.165) is 47.0 Å². The lowest BCUT2D eigenvalue weighted by Crippen LogP contribution is -2.28. The third-order valence-corrected chi connectivity index (χ3v) is 5.12. The number of fused-ring (bicyclic) bond motifs is 1. The van der Waals surface area contributed by atoms with Crippen molar-refractivity contribution in [3.8, 4) is 0 Å². The number of carbonyl (C=O) groups excluding carboxylic acids is 1. The SMILES string of the molecule is Cn1c(/C=C2/SCCN2C(=O)C2CC2)nc2ccccc21. The lowest BCUT2D eigenvalue weighted by Gasteiger charge is -2.16. The molecule has 0 atom stereocenters. The molecule has 1 amide bonds. The van der Waals surface area contributed by atoms with Crippen molar-refractivity contribution in [3.63, 3.8) is 0 Å². The molecule has 1 saturated heterocycles. The summed E-state index contributed by atoms with van der Waals surface area (Å²) in [7, 11) is 2.02. The van der Waals surface area contributed by atoms with Crippen LogP contribution in [0, 0.1) is 5.92 Å². The number of hydrogen-bond acceptors (Lipinski definition) is 3. The summed E-state index contributed by atoms with van der Waals surface area (Å²) in [6.07, 6.45) is 4.16. The molecule has 4 rings (SSSR count). The Kier molecular flexibility index (Phi) is 3.03. The first-order chi connectivity index (χ1) is 10.2. The minimum atomic E-state index is 0.271. The molecule has 1 aliphatic carbocycles. The van der Waals surface area contributed by atoms with E-state index in [1.165, 1.54) is 0 Å². The Morgan fingerprint density at radius 1 is 1.38 bits per heavy atom. The van der Waals surface area contributed by atoms with E-state index in [9.17, 15) is 4.79 Å². The Morgan fingerprint density at radius 3 is 2.95 bits per heavy atom. The first kappa shape index (κ1) is 13.0. The molecular formula is C16H17N3OS. The van der Waals surface area contributed by atoms with Gasteiger partial charge in [-0.05, 0) is 25.0 Å². The topological polar surface area (TPSA) is 38.1 Å². The van der Waals surface area contributed by atoms with Crippen LogP contribution >= 0.6 is 11.8 Å². The van der Waals surface area contributed by atoms with Crippen LogP contribution in [0.1, 0.15) is 18.7 Å². The van der Waals surface area contributed by atoms with Gasteiger partial charge in [0.15, 0.2) is 0 Å². The quantitative estimate of drug-likeness (QED) is 0.856. The fourth-order valence-corrected chi connectivity index (χ4v) is 3.73. The number of nitrogens with zero attached hydrogens (tertiary/aromatic N) is 3. The van der Waals surface area contributed by atoms with Crippen molar-refractivity contribution in [2.45, 2.75) is 12.8 Å². The number of aromatic nitrogens is 2. The molecule has 0 bridgehead atoms. The summed E-state index contributed by atoms with van der Waals surface area (Å²) < 4.78 is 2.08. The van der Waals surface area contributed by atoms with Gasteiger partial charge in [-0.2, -0.15) is 0 Å². The van der Waals surface area contributed by atoms with Crippen LogP contribution in [0.2, 0.25) is 0 Å². The predicted molar refractivity (Wildman–Crippen MR) is 85.6 cm³/mol. The largest absolute Gasteiger partial charge is 0.328 e. The number of thioether (sulfide) groups is 1. The van der Waals surface area contributed by atoms with Gasteiger partial charge in [0.2, 0.25) is 5.91 Å². The molecule has 1 aromatic heterocycles. The lowest BCUT2D eigenvalue weighted by atomic mass is 10.3. The standard InChI is InChI=1S/C16H17N3OS/c1-18-13-5-3-2-4-12(13)17-14(18)10-15-19(8-9-21-15)16(20)11-6-7-11/h2-5,10-11H,6-9H2,1H3/b15-10+. The van der Waals surface area contributed by atoms with Gasteiger partial charge in [0, 0.05) is 31.3 Å². The van der Waals surface area contributed by atoms with Crippen molar-refractivity contribution >= 4 is 34.8 Å². The van der Waals surface area contributed by atoms with E-state index >= 15 is 0 Å². The maximum absolute atomic E-state index is 12.3. The molecule has 0 spiro atoms. The van der Waals surface area contributed by atoms with Crippen molar-refractivity contribution in [3.05, 3.63) is 35.1 Å². The lowest BCUT2D eigenvalue weighted by molar-refractivity contribution is -0.129. The van der Waals surface area contributed by atoms with Crippen molar-refractivity contribution in [1.82, 2.24) is 14.5 Å². The van der Waals surface area contributed by atoms with Crippen LogP contribution in [-0.4, -0.2) is 32.7 Å². The molecule has 5 heteroatoms. The summed E-state index contributed by atoms with van der Waals surface area (Å²) in [5, 5.41) is 1.05. The van der Waals surface area contributed by atoms with Crippen LogP contribution < -0.4 is 0 Å². The Labute approximate surface area is 127 Å². The van der Waals surface area contributed by atoms with Gasteiger partial charge in [-0.1, -0.05) is 12.1 Å². The van der Waals surface area contributed by atoms with Crippen molar-refractivity contribution in [2.24, 2.45) is 13.0 Å². The normalized spacial score (nSPS) is 20.6. The van der Waals surface area contributed by atoms with Crippen molar-refractivity contribution in [1.29, 1.82) is 0 Å². The zero-order valence-electron chi connectivity index (χ0n) is 12.0. The van der Waals surface area contributed by atoms with E-state index in [4.69, 9.17) is 0 Å². The fourth-order valence-electron chi connectivity index (χ4n) is 2.72. The van der Waals surface area contributed by atoms with Gasteiger partial charge in [0.05, 0.1) is 16.1 Å². The van der Waals surface area contributed by atoms with E-state index < -0.39 is 0 Å². The highest BCUT2D eigenvalue weighted by Crippen LogP contribution is 2.37. The van der Waals surface area contributed by atoms with Gasteiger partial charge < -0.3 is 9.47 Å². The average Bonchev–Trinajstić information content (AvgIpc) is 3.18. The Balaban J connectivity index is 1.71. The van der Waals surface area contributed by atoms with Gasteiger partial charge in [-0.3, -0.25) is 4.79 Å². The molecule has 21 heavy (non-hydrogen) atoms. The molecule has 2 heterocycles. The number of aryl methyl sites for hydroxylation is 1. The number of imidazole rings is 1. The maximum Gasteiger partial charge on any atom is 0.230 e. The monoisotopic (exact) mass is 299 g/mol. The Hall–Kier alpha value is -1.75. The molecule has 1 aliphatic heterocycles. The first-order valence-electron chi connectivity index (χ1n) is 7.31. The van der Waals surface area contributed by atoms with Crippen LogP contribution in [0.5, 0.6) is 0 Å². The van der Waals surface area contributed by atoms with Crippen LogP contribution in [0.25, 0.3) is 17.1 Å². The first-order valence-corrected chi connectivity index (χ1v) is 8.30.